The third kappa shape index (κ3) is 2.70. The number of anilines is 1. The van der Waals surface area contributed by atoms with Gasteiger partial charge in [-0.05, 0) is 24.5 Å². The van der Waals surface area contributed by atoms with E-state index < -0.39 is 0 Å². The molecule has 4 nitrogen and oxygen atoms in total. The van der Waals surface area contributed by atoms with Crippen molar-refractivity contribution in [3.8, 4) is 17.0 Å². The molecule has 19 heavy (non-hydrogen) atoms. The summed E-state index contributed by atoms with van der Waals surface area (Å²) in [5.41, 5.74) is 7.81. The van der Waals surface area contributed by atoms with Gasteiger partial charge in [0.05, 0.1) is 12.8 Å². The average Bonchev–Trinajstić information content (AvgIpc) is 2.70. The molecule has 0 aliphatic heterocycles. The summed E-state index contributed by atoms with van der Waals surface area (Å²) in [7, 11) is 1.51. The minimum atomic E-state index is -0.354. The Labute approximate surface area is 111 Å². The molecule has 0 saturated heterocycles. The second-order valence-electron chi connectivity index (χ2n) is 4.91. The molecule has 0 fully saturated rings. The summed E-state index contributed by atoms with van der Waals surface area (Å²) in [4.78, 5) is 0. The monoisotopic (exact) mass is 263 g/mol. The van der Waals surface area contributed by atoms with Crippen molar-refractivity contribution in [1.29, 1.82) is 0 Å². The molecule has 1 aromatic heterocycles. The van der Waals surface area contributed by atoms with Gasteiger partial charge in [0.25, 0.3) is 0 Å². The molecule has 0 bridgehead atoms. The summed E-state index contributed by atoms with van der Waals surface area (Å²) in [6, 6.07) is 4.74. The number of rotatable bonds is 4. The SMILES string of the molecule is COc1ccc(-c2[nH]nc(N)c2CC(C)C)c(F)c1. The number of hydrogen-bond donors (Lipinski definition) is 2. The molecular weight excluding hydrogens is 245 g/mol. The van der Waals surface area contributed by atoms with Gasteiger partial charge in [0.2, 0.25) is 0 Å². The first kappa shape index (κ1) is 13.4. The van der Waals surface area contributed by atoms with Gasteiger partial charge in [-0.2, -0.15) is 5.10 Å². The molecule has 0 atom stereocenters. The standard InChI is InChI=1S/C14H18FN3O/c1-8(2)6-11-13(17-18-14(11)16)10-5-4-9(19-3)7-12(10)15/h4-5,7-8H,6H2,1-3H3,(H3,16,17,18). The second-order valence-corrected chi connectivity index (χ2v) is 4.91. The van der Waals surface area contributed by atoms with Crippen LogP contribution < -0.4 is 10.5 Å². The molecule has 0 unspecified atom stereocenters. The van der Waals surface area contributed by atoms with Crippen LogP contribution in [0.25, 0.3) is 11.3 Å². The summed E-state index contributed by atoms with van der Waals surface area (Å²) in [6.45, 7) is 4.17. The van der Waals surface area contributed by atoms with Crippen LogP contribution in [0.15, 0.2) is 18.2 Å². The number of methoxy groups -OCH3 is 1. The van der Waals surface area contributed by atoms with Gasteiger partial charge in [-0.25, -0.2) is 4.39 Å². The van der Waals surface area contributed by atoms with E-state index in [0.717, 1.165) is 12.0 Å². The Morgan fingerprint density at radius 2 is 2.16 bits per heavy atom. The number of H-pyrrole nitrogens is 1. The number of nitrogen functional groups attached to an aromatic ring is 1. The maximum absolute atomic E-state index is 14.1. The Kier molecular flexibility index (Phi) is 3.74. The number of aromatic nitrogens is 2. The fourth-order valence-corrected chi connectivity index (χ4v) is 2.04. The lowest BCUT2D eigenvalue weighted by Gasteiger charge is -2.08. The van der Waals surface area contributed by atoms with Crippen LogP contribution in [0.3, 0.4) is 0 Å². The van der Waals surface area contributed by atoms with Crippen LogP contribution >= 0.6 is 0 Å². The van der Waals surface area contributed by atoms with Crippen molar-refractivity contribution in [3.05, 3.63) is 29.6 Å². The van der Waals surface area contributed by atoms with Gasteiger partial charge in [-0.3, -0.25) is 5.10 Å². The van der Waals surface area contributed by atoms with E-state index in [-0.39, 0.29) is 5.82 Å². The van der Waals surface area contributed by atoms with E-state index in [0.29, 0.717) is 28.7 Å². The predicted molar refractivity (Wildman–Crippen MR) is 73.5 cm³/mol. The lowest BCUT2D eigenvalue weighted by atomic mass is 9.99. The first-order valence-corrected chi connectivity index (χ1v) is 6.19. The molecule has 5 heteroatoms. The van der Waals surface area contributed by atoms with Gasteiger partial charge in [0.1, 0.15) is 17.4 Å². The number of ether oxygens (including phenoxy) is 1. The maximum atomic E-state index is 14.1. The molecule has 0 aliphatic carbocycles. The molecular formula is C14H18FN3O. The van der Waals surface area contributed by atoms with Gasteiger partial charge in [-0.15, -0.1) is 0 Å². The average molecular weight is 263 g/mol. The van der Waals surface area contributed by atoms with Gasteiger partial charge < -0.3 is 10.5 Å². The highest BCUT2D eigenvalue weighted by Gasteiger charge is 2.17. The third-order valence-corrected chi connectivity index (χ3v) is 2.96. The van der Waals surface area contributed by atoms with E-state index in [2.05, 4.69) is 24.0 Å². The van der Waals surface area contributed by atoms with Crippen LogP contribution in [-0.2, 0) is 6.42 Å². The van der Waals surface area contributed by atoms with Gasteiger partial charge in [0, 0.05) is 17.2 Å². The molecule has 2 aromatic rings. The normalized spacial score (nSPS) is 11.0. The number of nitrogens with one attached hydrogen (secondary N) is 1. The van der Waals surface area contributed by atoms with Gasteiger partial charge in [-0.1, -0.05) is 13.8 Å². The smallest absolute Gasteiger partial charge is 0.149 e. The highest BCUT2D eigenvalue weighted by molar-refractivity contribution is 5.69. The van der Waals surface area contributed by atoms with Crippen molar-refractivity contribution < 1.29 is 9.13 Å². The largest absolute Gasteiger partial charge is 0.497 e. The van der Waals surface area contributed by atoms with Crippen molar-refractivity contribution in [1.82, 2.24) is 10.2 Å². The van der Waals surface area contributed by atoms with Crippen LogP contribution in [0.4, 0.5) is 10.2 Å². The van der Waals surface area contributed by atoms with Crippen molar-refractivity contribution in [2.24, 2.45) is 5.92 Å². The van der Waals surface area contributed by atoms with E-state index in [9.17, 15) is 4.39 Å². The highest BCUT2D eigenvalue weighted by atomic mass is 19.1. The number of nitrogens with zero attached hydrogens (tertiary/aromatic N) is 1. The quantitative estimate of drug-likeness (QED) is 0.891. The number of benzene rings is 1. The van der Waals surface area contributed by atoms with Crippen LogP contribution in [-0.4, -0.2) is 17.3 Å². The molecule has 0 aliphatic rings. The van der Waals surface area contributed by atoms with Crippen molar-refractivity contribution in [2.45, 2.75) is 20.3 Å². The molecule has 0 spiro atoms. The van der Waals surface area contributed by atoms with E-state index in [1.165, 1.54) is 13.2 Å². The molecule has 102 valence electrons. The van der Waals surface area contributed by atoms with Crippen LogP contribution in [0, 0.1) is 11.7 Å². The van der Waals surface area contributed by atoms with E-state index in [4.69, 9.17) is 10.5 Å². The Morgan fingerprint density at radius 1 is 1.42 bits per heavy atom. The minimum Gasteiger partial charge on any atom is -0.497 e. The summed E-state index contributed by atoms with van der Waals surface area (Å²) in [5, 5.41) is 6.80. The van der Waals surface area contributed by atoms with Crippen LogP contribution in [0.1, 0.15) is 19.4 Å². The Bertz CT molecular complexity index is 578. The van der Waals surface area contributed by atoms with Gasteiger partial charge in [0.15, 0.2) is 0 Å². The highest BCUT2D eigenvalue weighted by Crippen LogP contribution is 2.31. The molecule has 3 N–H and O–H groups in total. The molecule has 1 heterocycles. The summed E-state index contributed by atoms with van der Waals surface area (Å²) < 4.78 is 19.1. The van der Waals surface area contributed by atoms with Crippen LogP contribution in [0.5, 0.6) is 5.75 Å². The summed E-state index contributed by atoms with van der Waals surface area (Å²) in [5.74, 6) is 0.978. The molecule has 0 radical (unpaired) electrons. The van der Waals surface area contributed by atoms with Crippen molar-refractivity contribution in [2.75, 3.05) is 12.8 Å². The maximum Gasteiger partial charge on any atom is 0.149 e. The number of aromatic amines is 1. The zero-order valence-electron chi connectivity index (χ0n) is 11.3. The lowest BCUT2D eigenvalue weighted by Crippen LogP contribution is -1.99. The number of nitrogens with two attached hydrogens (primary N) is 1. The van der Waals surface area contributed by atoms with Crippen LogP contribution in [0.2, 0.25) is 0 Å². The Balaban J connectivity index is 2.47. The molecule has 1 aromatic carbocycles. The number of hydrogen-bond acceptors (Lipinski definition) is 3. The zero-order chi connectivity index (χ0) is 14.0. The first-order chi connectivity index (χ1) is 9.02. The van der Waals surface area contributed by atoms with Crippen molar-refractivity contribution >= 4 is 5.82 Å². The van der Waals surface area contributed by atoms with E-state index in [1.54, 1.807) is 12.1 Å². The van der Waals surface area contributed by atoms with Crippen molar-refractivity contribution in [3.63, 3.8) is 0 Å². The Hall–Kier alpha value is -2.04. The predicted octanol–water partition coefficient (Wildman–Crippen LogP) is 3.01. The molecule has 0 saturated carbocycles. The fourth-order valence-electron chi connectivity index (χ4n) is 2.04. The topological polar surface area (TPSA) is 63.9 Å². The summed E-state index contributed by atoms with van der Waals surface area (Å²) in [6.07, 6.45) is 0.753. The molecule has 0 amide bonds. The van der Waals surface area contributed by atoms with E-state index >= 15 is 0 Å². The summed E-state index contributed by atoms with van der Waals surface area (Å²) >= 11 is 0. The first-order valence-electron chi connectivity index (χ1n) is 6.19. The van der Waals surface area contributed by atoms with Gasteiger partial charge >= 0.3 is 0 Å². The Morgan fingerprint density at radius 3 is 2.74 bits per heavy atom. The lowest BCUT2D eigenvalue weighted by molar-refractivity contribution is 0.411. The molecule has 2 rings (SSSR count). The van der Waals surface area contributed by atoms with E-state index in [1.807, 2.05) is 0 Å². The fraction of sp³-hybridized carbons (Fsp3) is 0.357. The second kappa shape index (κ2) is 5.30. The number of halogens is 1. The minimum absolute atomic E-state index is 0.354. The third-order valence-electron chi connectivity index (χ3n) is 2.96. The zero-order valence-corrected chi connectivity index (χ0v) is 11.3.